The fraction of sp³-hybridized carbons (Fsp3) is 0.0476. The van der Waals surface area contributed by atoms with Crippen molar-refractivity contribution in [3.8, 4) is 55.6 Å². The van der Waals surface area contributed by atoms with E-state index in [-0.39, 0.29) is 5.41 Å². The van der Waals surface area contributed by atoms with Crippen LogP contribution in [0.4, 0.5) is 34.1 Å². The lowest BCUT2D eigenvalue weighted by molar-refractivity contribution is 0.660. The van der Waals surface area contributed by atoms with Crippen LogP contribution < -0.4 is 9.80 Å². The highest BCUT2D eigenvalue weighted by atomic mass is 15.1. The van der Waals surface area contributed by atoms with Crippen molar-refractivity contribution >= 4 is 34.1 Å². The predicted molar refractivity (Wildman–Crippen MR) is 275 cm³/mol. The van der Waals surface area contributed by atoms with Crippen LogP contribution in [-0.4, -0.2) is 0 Å². The van der Waals surface area contributed by atoms with Gasteiger partial charge in [-0.05, 0) is 152 Å². The van der Waals surface area contributed by atoms with Gasteiger partial charge in [0.2, 0.25) is 0 Å². The molecule has 0 aromatic heterocycles. The summed E-state index contributed by atoms with van der Waals surface area (Å²) in [7, 11) is 0. The smallest absolute Gasteiger partial charge is 0.0465 e. The maximum Gasteiger partial charge on any atom is 0.0465 e. The molecule has 0 bridgehead atoms. The molecule has 0 spiro atoms. The molecule has 65 heavy (non-hydrogen) atoms. The van der Waals surface area contributed by atoms with Crippen molar-refractivity contribution < 1.29 is 0 Å². The summed E-state index contributed by atoms with van der Waals surface area (Å²) in [6.07, 6.45) is 0. The minimum atomic E-state index is -0.247. The van der Waals surface area contributed by atoms with Crippen LogP contribution in [-0.2, 0) is 5.41 Å². The molecule has 0 saturated carbocycles. The number of rotatable bonds is 10. The summed E-state index contributed by atoms with van der Waals surface area (Å²) in [5, 5.41) is 0. The lowest BCUT2D eigenvalue weighted by atomic mass is 9.82. The molecule has 0 aliphatic heterocycles. The highest BCUT2D eigenvalue weighted by Gasteiger charge is 2.37. The van der Waals surface area contributed by atoms with Crippen LogP contribution in [0.25, 0.3) is 55.6 Å². The fourth-order valence-corrected chi connectivity index (χ4v) is 9.66. The first-order chi connectivity index (χ1) is 32.0. The number of fused-ring (bicyclic) bond motifs is 3. The molecule has 1 aliphatic rings. The largest absolute Gasteiger partial charge is 0.310 e. The molecule has 0 fully saturated rings. The van der Waals surface area contributed by atoms with Crippen LogP contribution >= 0.6 is 0 Å². The molecular weight excluding hydrogens is 785 g/mol. The Bertz CT molecular complexity index is 3030. The minimum absolute atomic E-state index is 0.247. The molecule has 0 heterocycles. The van der Waals surface area contributed by atoms with Gasteiger partial charge in [-0.25, -0.2) is 0 Å². The van der Waals surface area contributed by atoms with Crippen LogP contribution in [0.15, 0.2) is 255 Å². The van der Waals surface area contributed by atoms with Gasteiger partial charge < -0.3 is 9.80 Å². The van der Waals surface area contributed by atoms with Gasteiger partial charge in [0, 0.05) is 39.5 Å². The lowest BCUT2D eigenvalue weighted by Gasteiger charge is -2.29. The Labute approximate surface area is 383 Å². The van der Waals surface area contributed by atoms with Crippen LogP contribution in [0.2, 0.25) is 0 Å². The number of para-hydroxylation sites is 2. The van der Waals surface area contributed by atoms with Crippen molar-refractivity contribution in [2.24, 2.45) is 0 Å². The van der Waals surface area contributed by atoms with E-state index >= 15 is 0 Å². The molecule has 1 aliphatic carbocycles. The fourth-order valence-electron chi connectivity index (χ4n) is 9.66. The Hall–Kier alpha value is -8.20. The summed E-state index contributed by atoms with van der Waals surface area (Å²) in [5.41, 5.74) is 21.4. The Morgan fingerprint density at radius 1 is 0.231 bits per heavy atom. The highest BCUT2D eigenvalue weighted by Crippen LogP contribution is 2.52. The van der Waals surface area contributed by atoms with Crippen molar-refractivity contribution in [1.82, 2.24) is 0 Å². The van der Waals surface area contributed by atoms with Gasteiger partial charge in [0.05, 0.1) is 0 Å². The molecule has 0 unspecified atom stereocenters. The number of hydrogen-bond donors (Lipinski definition) is 0. The summed E-state index contributed by atoms with van der Waals surface area (Å²) >= 11 is 0. The van der Waals surface area contributed by atoms with Gasteiger partial charge >= 0.3 is 0 Å². The van der Waals surface area contributed by atoms with Gasteiger partial charge in [-0.1, -0.05) is 184 Å². The summed E-state index contributed by atoms with van der Waals surface area (Å²) in [6, 6.07) is 92.4. The van der Waals surface area contributed by atoms with Gasteiger partial charge in [0.25, 0.3) is 0 Å². The topological polar surface area (TPSA) is 6.48 Å². The van der Waals surface area contributed by atoms with Crippen LogP contribution in [0, 0.1) is 0 Å². The Morgan fingerprint density at radius 3 is 0.862 bits per heavy atom. The van der Waals surface area contributed by atoms with Gasteiger partial charge in [-0.2, -0.15) is 0 Å². The van der Waals surface area contributed by atoms with Gasteiger partial charge in [0.1, 0.15) is 0 Å². The molecule has 10 aromatic carbocycles. The zero-order valence-electron chi connectivity index (χ0n) is 36.6. The van der Waals surface area contributed by atoms with Crippen LogP contribution in [0.3, 0.4) is 0 Å². The average molecular weight is 833 g/mol. The van der Waals surface area contributed by atoms with E-state index in [2.05, 4.69) is 278 Å². The van der Waals surface area contributed by atoms with Crippen molar-refractivity contribution in [3.63, 3.8) is 0 Å². The zero-order chi connectivity index (χ0) is 43.7. The van der Waals surface area contributed by atoms with Gasteiger partial charge in [-0.15, -0.1) is 0 Å². The van der Waals surface area contributed by atoms with E-state index < -0.39 is 0 Å². The number of hydrogen-bond acceptors (Lipinski definition) is 2. The molecule has 310 valence electrons. The summed E-state index contributed by atoms with van der Waals surface area (Å²) in [4.78, 5) is 4.77. The predicted octanol–water partition coefficient (Wildman–Crippen LogP) is 17.6. The SMILES string of the molecule is CC1(C)c2cc(N(c3ccccc3)c3ccc(-c4cccc(-c5ccccc5)c4)cc3)ccc2-c2ccc(N(c3ccccc3)c3ccc(-c4cccc(-c5ccccc5)c4)cc3)cc21. The molecule has 11 rings (SSSR count). The number of anilines is 6. The third-order valence-electron chi connectivity index (χ3n) is 13.0. The van der Waals surface area contributed by atoms with Crippen LogP contribution in [0.5, 0.6) is 0 Å². The normalized spacial score (nSPS) is 12.3. The van der Waals surface area contributed by atoms with Crippen molar-refractivity contribution in [2.75, 3.05) is 9.80 Å². The summed E-state index contributed by atoms with van der Waals surface area (Å²) < 4.78 is 0. The second-order valence-corrected chi connectivity index (χ2v) is 17.4. The maximum atomic E-state index is 2.42. The average Bonchev–Trinajstić information content (AvgIpc) is 3.60. The number of benzene rings is 10. The second kappa shape index (κ2) is 16.8. The van der Waals surface area contributed by atoms with Crippen molar-refractivity contribution in [3.05, 3.63) is 266 Å². The Balaban J connectivity index is 0.923. The second-order valence-electron chi connectivity index (χ2n) is 17.4. The maximum absolute atomic E-state index is 2.42. The van der Waals surface area contributed by atoms with Crippen molar-refractivity contribution in [1.29, 1.82) is 0 Å². The van der Waals surface area contributed by atoms with E-state index in [9.17, 15) is 0 Å². The standard InChI is InChI=1S/C63H48N2/c1-63(2)61-43-57(64(53-25-11-5-12-26-53)55-33-29-47(30-34-55)51-23-15-21-49(41-51)45-17-7-3-8-18-45)37-39-59(61)60-40-38-58(44-62(60)63)65(54-27-13-6-14-28-54)56-35-31-48(32-36-56)52-24-16-22-50(42-52)46-19-9-4-10-20-46/h3-44H,1-2H3. The first-order valence-corrected chi connectivity index (χ1v) is 22.5. The monoisotopic (exact) mass is 832 g/mol. The lowest BCUT2D eigenvalue weighted by Crippen LogP contribution is -2.17. The summed E-state index contributed by atoms with van der Waals surface area (Å²) in [6.45, 7) is 4.75. The minimum Gasteiger partial charge on any atom is -0.310 e. The Kier molecular flexibility index (Phi) is 10.3. The van der Waals surface area contributed by atoms with E-state index in [0.717, 1.165) is 34.1 Å². The van der Waals surface area contributed by atoms with Crippen molar-refractivity contribution in [2.45, 2.75) is 19.3 Å². The third-order valence-corrected chi connectivity index (χ3v) is 13.0. The molecule has 0 N–H and O–H groups in total. The van der Waals surface area contributed by atoms with Crippen LogP contribution in [0.1, 0.15) is 25.0 Å². The molecule has 0 atom stereocenters. The molecule has 2 heteroatoms. The molecule has 0 saturated heterocycles. The van der Waals surface area contributed by atoms with Gasteiger partial charge in [-0.3, -0.25) is 0 Å². The van der Waals surface area contributed by atoms with E-state index in [0.29, 0.717) is 0 Å². The molecule has 0 amide bonds. The van der Waals surface area contributed by atoms with E-state index in [1.165, 1.54) is 66.8 Å². The molecule has 0 radical (unpaired) electrons. The third kappa shape index (κ3) is 7.60. The quantitative estimate of drug-likeness (QED) is 0.135. The molecular formula is C63H48N2. The Morgan fingerprint density at radius 2 is 0.508 bits per heavy atom. The van der Waals surface area contributed by atoms with Gasteiger partial charge in [0.15, 0.2) is 0 Å². The highest BCUT2D eigenvalue weighted by molar-refractivity contribution is 5.89. The molecule has 10 aromatic rings. The number of nitrogens with zero attached hydrogens (tertiary/aromatic N) is 2. The summed E-state index contributed by atoms with van der Waals surface area (Å²) in [5.74, 6) is 0. The van der Waals surface area contributed by atoms with E-state index in [4.69, 9.17) is 0 Å². The van der Waals surface area contributed by atoms with E-state index in [1.807, 2.05) is 0 Å². The first kappa shape index (κ1) is 39.6. The first-order valence-electron chi connectivity index (χ1n) is 22.5. The molecule has 2 nitrogen and oxygen atoms in total. The zero-order valence-corrected chi connectivity index (χ0v) is 36.6. The van der Waals surface area contributed by atoms with E-state index in [1.54, 1.807) is 0 Å².